The van der Waals surface area contributed by atoms with E-state index in [4.69, 9.17) is 4.74 Å². The minimum atomic E-state index is -0.385. The first-order valence-electron chi connectivity index (χ1n) is 5.31. The van der Waals surface area contributed by atoms with Crippen molar-refractivity contribution in [2.24, 2.45) is 0 Å². The maximum Gasteiger partial charge on any atom is 0.357 e. The van der Waals surface area contributed by atoms with Crippen molar-refractivity contribution in [3.05, 3.63) is 21.5 Å². The van der Waals surface area contributed by atoms with Gasteiger partial charge >= 0.3 is 5.97 Å². The Labute approximate surface area is 120 Å². The number of fused-ring (bicyclic) bond motifs is 3. The zero-order valence-electron chi connectivity index (χ0n) is 9.36. The minimum absolute atomic E-state index is 0.344. The smallest absolute Gasteiger partial charge is 0.357 e. The molecule has 0 spiro atoms. The summed E-state index contributed by atoms with van der Waals surface area (Å²) in [4.78, 5) is 16.1. The number of halogens is 1. The zero-order chi connectivity index (χ0) is 12.7. The third kappa shape index (κ3) is 1.69. The van der Waals surface area contributed by atoms with Gasteiger partial charge in [0.15, 0.2) is 5.69 Å². The molecule has 92 valence electrons. The van der Waals surface area contributed by atoms with Gasteiger partial charge in [-0.25, -0.2) is 9.78 Å². The maximum absolute atomic E-state index is 11.8. The van der Waals surface area contributed by atoms with Crippen LogP contribution in [0, 0.1) is 3.70 Å². The number of benzene rings is 1. The van der Waals surface area contributed by atoms with Gasteiger partial charge in [0.25, 0.3) is 0 Å². The van der Waals surface area contributed by atoms with E-state index in [1.807, 2.05) is 12.1 Å². The number of hydrogen-bond donors (Lipinski definition) is 1. The van der Waals surface area contributed by atoms with Crippen LogP contribution in [0.2, 0.25) is 0 Å². The molecule has 3 rings (SSSR count). The Hall–Kier alpha value is -1.22. The highest BCUT2D eigenvalue weighted by molar-refractivity contribution is 14.1. The number of nitrogens with zero attached hydrogens (tertiary/aromatic N) is 2. The molecule has 18 heavy (non-hydrogen) atoms. The summed E-state index contributed by atoms with van der Waals surface area (Å²) >= 11 is 3.40. The second-order valence-corrected chi connectivity index (χ2v) is 5.23. The van der Waals surface area contributed by atoms with Gasteiger partial charge in [-0.3, -0.25) is 4.37 Å². The van der Waals surface area contributed by atoms with Gasteiger partial charge in [0.2, 0.25) is 0 Å². The van der Waals surface area contributed by atoms with E-state index in [0.29, 0.717) is 12.3 Å². The summed E-state index contributed by atoms with van der Waals surface area (Å²) in [6.07, 6.45) is 0. The Bertz CT molecular complexity index is 749. The van der Waals surface area contributed by atoms with Crippen LogP contribution in [0.4, 0.5) is 0 Å². The first kappa shape index (κ1) is 11.8. The van der Waals surface area contributed by atoms with Gasteiger partial charge in [0, 0.05) is 22.5 Å². The summed E-state index contributed by atoms with van der Waals surface area (Å²) in [5, 5.41) is 1.71. The van der Waals surface area contributed by atoms with Gasteiger partial charge in [-0.2, -0.15) is 4.37 Å². The Kier molecular flexibility index (Phi) is 2.94. The number of ether oxygens (including phenoxy) is 1. The topological polar surface area (TPSA) is 67.9 Å². The number of hydrogen-bond acceptors (Lipinski definition) is 5. The molecule has 2 aromatic heterocycles. The van der Waals surface area contributed by atoms with E-state index in [2.05, 4.69) is 36.3 Å². The van der Waals surface area contributed by atoms with Crippen LogP contribution in [0.1, 0.15) is 17.4 Å². The highest BCUT2D eigenvalue weighted by Crippen LogP contribution is 2.30. The molecule has 0 fully saturated rings. The van der Waals surface area contributed by atoms with E-state index in [1.54, 1.807) is 6.92 Å². The van der Waals surface area contributed by atoms with Crippen LogP contribution in [0.15, 0.2) is 12.1 Å². The van der Waals surface area contributed by atoms with Gasteiger partial charge in [0.05, 0.1) is 12.1 Å². The van der Waals surface area contributed by atoms with Crippen LogP contribution in [-0.2, 0) is 4.74 Å². The summed E-state index contributed by atoms with van der Waals surface area (Å²) in [7, 11) is 0. The molecule has 3 aromatic rings. The lowest BCUT2D eigenvalue weighted by molar-refractivity contribution is 0.0522. The van der Waals surface area contributed by atoms with E-state index in [0.717, 1.165) is 25.5 Å². The number of rotatable bonds is 2. The molecule has 0 aliphatic heterocycles. The van der Waals surface area contributed by atoms with Crippen molar-refractivity contribution in [1.29, 1.82) is 0 Å². The fourth-order valence-corrected chi connectivity index (χ4v) is 3.24. The minimum Gasteiger partial charge on any atom is -0.461 e. The van der Waals surface area contributed by atoms with Crippen LogP contribution in [-0.4, -0.2) is 26.3 Å². The largest absolute Gasteiger partial charge is 0.461 e. The van der Waals surface area contributed by atoms with E-state index in [-0.39, 0.29) is 5.97 Å². The summed E-state index contributed by atoms with van der Waals surface area (Å²) in [6, 6.07) is 3.78. The molecule has 0 aliphatic rings. The molecule has 1 N–H and O–H groups in total. The number of carbonyl (C=O) groups excluding carboxylic acids is 1. The molecule has 2 heterocycles. The molecule has 0 aliphatic carbocycles. The number of aromatic amines is 1. The SMILES string of the molecule is CCOC(=O)c1nc(I)c2c1ccc1[nH]snc12. The first-order valence-corrected chi connectivity index (χ1v) is 7.16. The van der Waals surface area contributed by atoms with E-state index in [9.17, 15) is 4.79 Å². The Morgan fingerprint density at radius 2 is 2.39 bits per heavy atom. The number of aromatic nitrogens is 3. The van der Waals surface area contributed by atoms with Crippen molar-refractivity contribution >= 4 is 62.1 Å². The predicted octanol–water partition coefficient (Wildman–Crippen LogP) is 2.95. The molecule has 0 amide bonds. The van der Waals surface area contributed by atoms with Crippen molar-refractivity contribution in [3.8, 4) is 0 Å². The maximum atomic E-state index is 11.8. The molecule has 1 aromatic carbocycles. The second-order valence-electron chi connectivity index (χ2n) is 3.64. The van der Waals surface area contributed by atoms with Crippen molar-refractivity contribution in [3.63, 3.8) is 0 Å². The summed E-state index contributed by atoms with van der Waals surface area (Å²) in [5.74, 6) is -0.385. The lowest BCUT2D eigenvalue weighted by atomic mass is 10.1. The van der Waals surface area contributed by atoms with E-state index < -0.39 is 0 Å². The molecule has 7 heteroatoms. The fourth-order valence-electron chi connectivity index (χ4n) is 1.86. The lowest BCUT2D eigenvalue weighted by Gasteiger charge is -1.98. The Balaban J connectivity index is 2.32. The van der Waals surface area contributed by atoms with Gasteiger partial charge in [0.1, 0.15) is 9.22 Å². The van der Waals surface area contributed by atoms with Gasteiger partial charge < -0.3 is 4.74 Å². The quantitative estimate of drug-likeness (QED) is 0.554. The standard InChI is InChI=1S/C11H8IN3O2S/c1-2-17-11(16)8-5-3-4-6-9(15-18-14-6)7(5)10(12)13-8/h3-4,14H,2H2,1H3. The average molecular weight is 373 g/mol. The summed E-state index contributed by atoms with van der Waals surface area (Å²) in [5.41, 5.74) is 2.17. The predicted molar refractivity (Wildman–Crippen MR) is 77.9 cm³/mol. The highest BCUT2D eigenvalue weighted by Gasteiger charge is 2.20. The third-order valence-corrected chi connectivity index (χ3v) is 3.98. The monoisotopic (exact) mass is 373 g/mol. The van der Waals surface area contributed by atoms with Crippen molar-refractivity contribution in [1.82, 2.24) is 13.7 Å². The van der Waals surface area contributed by atoms with E-state index >= 15 is 0 Å². The van der Waals surface area contributed by atoms with Crippen LogP contribution in [0.5, 0.6) is 0 Å². The molecule has 0 radical (unpaired) electrons. The fraction of sp³-hybridized carbons (Fsp3) is 0.182. The first-order chi connectivity index (χ1) is 8.72. The lowest BCUT2D eigenvalue weighted by Crippen LogP contribution is -2.05. The van der Waals surface area contributed by atoms with Crippen LogP contribution >= 0.6 is 34.3 Å². The zero-order valence-corrected chi connectivity index (χ0v) is 12.3. The van der Waals surface area contributed by atoms with Crippen molar-refractivity contribution in [2.75, 3.05) is 6.61 Å². The molecular weight excluding hydrogens is 365 g/mol. The molecule has 0 unspecified atom stereocenters. The van der Waals surface area contributed by atoms with Crippen LogP contribution in [0.25, 0.3) is 21.8 Å². The molecule has 0 saturated carbocycles. The molecule has 0 saturated heterocycles. The van der Waals surface area contributed by atoms with Gasteiger partial charge in [-0.15, -0.1) is 0 Å². The molecule has 0 atom stereocenters. The van der Waals surface area contributed by atoms with E-state index in [1.165, 1.54) is 11.7 Å². The number of H-pyrrole nitrogens is 1. The van der Waals surface area contributed by atoms with Crippen molar-refractivity contribution < 1.29 is 9.53 Å². The Morgan fingerprint density at radius 3 is 3.17 bits per heavy atom. The number of nitrogens with one attached hydrogen (secondary N) is 1. The number of carbonyl (C=O) groups is 1. The average Bonchev–Trinajstić information content (AvgIpc) is 2.93. The molecule has 0 bridgehead atoms. The molecule has 5 nitrogen and oxygen atoms in total. The third-order valence-electron chi connectivity index (χ3n) is 2.61. The second kappa shape index (κ2) is 4.47. The van der Waals surface area contributed by atoms with Crippen molar-refractivity contribution in [2.45, 2.75) is 6.92 Å². The Morgan fingerprint density at radius 1 is 1.56 bits per heavy atom. The van der Waals surface area contributed by atoms with Crippen LogP contribution < -0.4 is 0 Å². The summed E-state index contributed by atoms with van der Waals surface area (Å²) < 4.78 is 13.2. The normalized spacial score (nSPS) is 11.2. The molecular formula is C11H8IN3O2S. The number of esters is 1. The van der Waals surface area contributed by atoms with Gasteiger partial charge in [-0.05, 0) is 41.6 Å². The highest BCUT2D eigenvalue weighted by atomic mass is 127. The summed E-state index contributed by atoms with van der Waals surface area (Å²) in [6.45, 7) is 2.12. The van der Waals surface area contributed by atoms with Crippen LogP contribution in [0.3, 0.4) is 0 Å². The van der Waals surface area contributed by atoms with Gasteiger partial charge in [-0.1, -0.05) is 0 Å².